The van der Waals surface area contributed by atoms with Gasteiger partial charge in [0.1, 0.15) is 11.6 Å². The number of hydrogen-bond acceptors (Lipinski definition) is 4. The zero-order valence-electron chi connectivity index (χ0n) is 18.3. The van der Waals surface area contributed by atoms with Gasteiger partial charge in [-0.05, 0) is 50.8 Å². The van der Waals surface area contributed by atoms with Crippen LogP contribution in [0.5, 0.6) is 0 Å². The zero-order chi connectivity index (χ0) is 20.2. The maximum atomic E-state index is 5.02. The minimum atomic E-state index is 0. The van der Waals surface area contributed by atoms with E-state index in [-0.39, 0.29) is 24.0 Å². The first-order valence-corrected chi connectivity index (χ1v) is 10.9. The van der Waals surface area contributed by atoms with Crippen LogP contribution in [0, 0.1) is 19.8 Å². The number of benzene rings is 1. The second kappa shape index (κ2) is 10.5. The molecule has 4 rings (SSSR count). The van der Waals surface area contributed by atoms with E-state index in [9.17, 15) is 0 Å². The number of halogens is 1. The van der Waals surface area contributed by atoms with Crippen molar-refractivity contribution < 1.29 is 0 Å². The summed E-state index contributed by atoms with van der Waals surface area (Å²) in [5.74, 6) is 3.76. The molecule has 1 N–H and O–H groups in total. The minimum absolute atomic E-state index is 0. The molecular formula is C22H34IN7. The van der Waals surface area contributed by atoms with Crippen LogP contribution < -0.4 is 10.2 Å². The van der Waals surface area contributed by atoms with Crippen LogP contribution in [0.2, 0.25) is 0 Å². The summed E-state index contributed by atoms with van der Waals surface area (Å²) in [6.07, 6.45) is 2.15. The van der Waals surface area contributed by atoms with Gasteiger partial charge in [0.25, 0.3) is 0 Å². The third kappa shape index (κ3) is 5.25. The lowest BCUT2D eigenvalue weighted by Crippen LogP contribution is -2.52. The fraction of sp³-hybridized carbons (Fsp3) is 0.591. The van der Waals surface area contributed by atoms with Crippen molar-refractivity contribution in [3.8, 4) is 0 Å². The molecule has 1 aromatic carbocycles. The van der Waals surface area contributed by atoms with Gasteiger partial charge in [0.15, 0.2) is 5.96 Å². The monoisotopic (exact) mass is 523 g/mol. The topological polar surface area (TPSA) is 61.6 Å². The first-order chi connectivity index (χ1) is 14.1. The van der Waals surface area contributed by atoms with Gasteiger partial charge in [-0.15, -0.1) is 34.2 Å². The Labute approximate surface area is 197 Å². The molecule has 0 aliphatic carbocycles. The van der Waals surface area contributed by atoms with Crippen LogP contribution in [0.3, 0.4) is 0 Å². The second-order valence-corrected chi connectivity index (χ2v) is 8.19. The molecule has 0 spiro atoms. The Morgan fingerprint density at radius 1 is 1.17 bits per heavy atom. The smallest absolute Gasteiger partial charge is 0.194 e. The summed E-state index contributed by atoms with van der Waals surface area (Å²) in [6, 6.07) is 8.80. The maximum Gasteiger partial charge on any atom is 0.194 e. The number of nitrogens with one attached hydrogen (secondary N) is 1. The van der Waals surface area contributed by atoms with Gasteiger partial charge in [0.2, 0.25) is 0 Å². The van der Waals surface area contributed by atoms with Gasteiger partial charge in [-0.2, -0.15) is 0 Å². The number of anilines is 1. The second-order valence-electron chi connectivity index (χ2n) is 8.19. The van der Waals surface area contributed by atoms with Crippen molar-refractivity contribution in [1.82, 2.24) is 25.0 Å². The van der Waals surface area contributed by atoms with Gasteiger partial charge in [-0.25, -0.2) is 0 Å². The summed E-state index contributed by atoms with van der Waals surface area (Å²) >= 11 is 0. The predicted molar refractivity (Wildman–Crippen MR) is 133 cm³/mol. The highest BCUT2D eigenvalue weighted by Crippen LogP contribution is 2.21. The van der Waals surface area contributed by atoms with E-state index >= 15 is 0 Å². The minimum Gasteiger partial charge on any atom is -0.368 e. The van der Waals surface area contributed by atoms with Gasteiger partial charge in [-0.1, -0.05) is 12.1 Å². The van der Waals surface area contributed by atoms with Gasteiger partial charge in [-0.3, -0.25) is 4.99 Å². The van der Waals surface area contributed by atoms with E-state index in [1.54, 1.807) is 0 Å². The highest BCUT2D eigenvalue weighted by atomic mass is 127. The Morgan fingerprint density at radius 2 is 1.97 bits per heavy atom. The van der Waals surface area contributed by atoms with Crippen molar-refractivity contribution in [2.75, 3.05) is 44.2 Å². The van der Waals surface area contributed by atoms with Gasteiger partial charge in [0, 0.05) is 57.9 Å². The molecule has 7 nitrogen and oxygen atoms in total. The summed E-state index contributed by atoms with van der Waals surface area (Å²) in [6.45, 7) is 13.1. The Hall–Kier alpha value is -1.84. The highest BCUT2D eigenvalue weighted by molar-refractivity contribution is 14.0. The average molecular weight is 523 g/mol. The number of guanidine groups is 1. The molecule has 0 bridgehead atoms. The molecule has 0 saturated carbocycles. The number of fused-ring (bicyclic) bond motifs is 1. The predicted octanol–water partition coefficient (Wildman–Crippen LogP) is 2.86. The summed E-state index contributed by atoms with van der Waals surface area (Å²) in [5, 5.41) is 12.0. The van der Waals surface area contributed by atoms with E-state index in [1.807, 2.05) is 6.92 Å². The molecule has 30 heavy (non-hydrogen) atoms. The molecule has 0 radical (unpaired) electrons. The quantitative estimate of drug-likeness (QED) is 0.380. The lowest BCUT2D eigenvalue weighted by atomic mass is 9.99. The van der Waals surface area contributed by atoms with Crippen molar-refractivity contribution in [3.05, 3.63) is 41.5 Å². The standard InChI is InChI=1S/C22H33N7.HI/c1-4-23-22(24-15-19-8-9-21-26-25-18(3)29(21)16-19)28-12-10-27(11-13-28)20-7-5-6-17(2)14-20;/h5-7,14,19H,4,8-13,15-16H2,1-3H3,(H,23,24);1H. The lowest BCUT2D eigenvalue weighted by Gasteiger charge is -2.38. The third-order valence-electron chi connectivity index (χ3n) is 6.01. The van der Waals surface area contributed by atoms with Crippen LogP contribution in [-0.2, 0) is 13.0 Å². The fourth-order valence-electron chi connectivity index (χ4n) is 4.32. The number of aliphatic imine (C=N–C) groups is 1. The van der Waals surface area contributed by atoms with E-state index in [0.29, 0.717) is 5.92 Å². The summed E-state index contributed by atoms with van der Waals surface area (Å²) in [7, 11) is 0. The lowest BCUT2D eigenvalue weighted by molar-refractivity contribution is 0.354. The van der Waals surface area contributed by atoms with Crippen molar-refractivity contribution in [2.45, 2.75) is 40.2 Å². The molecular weight excluding hydrogens is 489 g/mol. The molecule has 1 fully saturated rings. The number of aromatic nitrogens is 3. The molecule has 2 aliphatic rings. The SMILES string of the molecule is CCNC(=NCC1CCc2nnc(C)n2C1)N1CCN(c2cccc(C)c2)CC1.I. The Balaban J connectivity index is 0.00000256. The van der Waals surface area contributed by atoms with E-state index < -0.39 is 0 Å². The van der Waals surface area contributed by atoms with Crippen molar-refractivity contribution >= 4 is 35.6 Å². The zero-order valence-corrected chi connectivity index (χ0v) is 20.7. The van der Waals surface area contributed by atoms with Crippen LogP contribution in [0.1, 0.15) is 30.6 Å². The molecule has 2 aromatic rings. The Kier molecular flexibility index (Phi) is 7.96. The van der Waals surface area contributed by atoms with Gasteiger partial charge >= 0.3 is 0 Å². The van der Waals surface area contributed by atoms with E-state index in [1.165, 1.54) is 11.3 Å². The number of piperazine rings is 1. The van der Waals surface area contributed by atoms with Crippen molar-refractivity contribution in [3.63, 3.8) is 0 Å². The fourth-order valence-corrected chi connectivity index (χ4v) is 4.32. The van der Waals surface area contributed by atoms with Crippen LogP contribution in [0.15, 0.2) is 29.3 Å². The Morgan fingerprint density at radius 3 is 2.70 bits per heavy atom. The largest absolute Gasteiger partial charge is 0.368 e. The summed E-state index contributed by atoms with van der Waals surface area (Å²) in [5.41, 5.74) is 2.65. The van der Waals surface area contributed by atoms with Crippen molar-refractivity contribution in [2.24, 2.45) is 10.9 Å². The van der Waals surface area contributed by atoms with Gasteiger partial charge in [0.05, 0.1) is 0 Å². The molecule has 0 amide bonds. The average Bonchev–Trinajstić information content (AvgIpc) is 3.11. The number of rotatable bonds is 4. The summed E-state index contributed by atoms with van der Waals surface area (Å²) in [4.78, 5) is 9.91. The van der Waals surface area contributed by atoms with E-state index in [4.69, 9.17) is 4.99 Å². The molecule has 1 saturated heterocycles. The first kappa shape index (κ1) is 22.8. The number of aryl methyl sites for hydroxylation is 3. The maximum absolute atomic E-state index is 5.02. The normalized spacial score (nSPS) is 19.3. The highest BCUT2D eigenvalue weighted by Gasteiger charge is 2.23. The number of nitrogens with zero attached hydrogens (tertiary/aromatic N) is 6. The van der Waals surface area contributed by atoms with E-state index in [0.717, 1.165) is 76.3 Å². The van der Waals surface area contributed by atoms with Crippen LogP contribution in [0.25, 0.3) is 0 Å². The van der Waals surface area contributed by atoms with Crippen LogP contribution in [0.4, 0.5) is 5.69 Å². The van der Waals surface area contributed by atoms with Crippen LogP contribution >= 0.6 is 24.0 Å². The molecule has 3 heterocycles. The molecule has 164 valence electrons. The van der Waals surface area contributed by atoms with Crippen molar-refractivity contribution in [1.29, 1.82) is 0 Å². The molecule has 8 heteroatoms. The third-order valence-corrected chi connectivity index (χ3v) is 6.01. The molecule has 1 unspecified atom stereocenters. The van der Waals surface area contributed by atoms with E-state index in [2.05, 4.69) is 68.0 Å². The molecule has 2 aliphatic heterocycles. The first-order valence-electron chi connectivity index (χ1n) is 10.9. The Bertz CT molecular complexity index is 855. The van der Waals surface area contributed by atoms with Crippen LogP contribution in [-0.4, -0.2) is 64.9 Å². The molecule has 1 aromatic heterocycles. The van der Waals surface area contributed by atoms with Gasteiger partial charge < -0.3 is 19.7 Å². The number of hydrogen-bond donors (Lipinski definition) is 1. The molecule has 1 atom stereocenters. The summed E-state index contributed by atoms with van der Waals surface area (Å²) < 4.78 is 2.26.